The summed E-state index contributed by atoms with van der Waals surface area (Å²) in [4.78, 5) is 20.7. The average molecular weight is 338 g/mol. The summed E-state index contributed by atoms with van der Waals surface area (Å²) in [5.41, 5.74) is 0.0716. The van der Waals surface area contributed by atoms with E-state index in [1.165, 1.54) is 6.07 Å². The summed E-state index contributed by atoms with van der Waals surface area (Å²) in [7, 11) is -3.87. The second-order valence-electron chi connectivity index (χ2n) is 5.24. The summed E-state index contributed by atoms with van der Waals surface area (Å²) >= 11 is 0. The maximum absolute atomic E-state index is 12.0. The van der Waals surface area contributed by atoms with Gasteiger partial charge in [-0.2, -0.15) is 0 Å². The van der Waals surface area contributed by atoms with E-state index in [-0.39, 0.29) is 17.5 Å². The van der Waals surface area contributed by atoms with E-state index in [1.54, 1.807) is 37.3 Å². The molecule has 0 saturated carbocycles. The first kappa shape index (κ1) is 17.4. The van der Waals surface area contributed by atoms with Gasteiger partial charge in [0.15, 0.2) is 0 Å². The summed E-state index contributed by atoms with van der Waals surface area (Å²) in [6, 6.07) is 10.2. The molecule has 8 heteroatoms. The van der Waals surface area contributed by atoms with Crippen LogP contribution >= 0.6 is 7.60 Å². The maximum Gasteiger partial charge on any atom is 0.347 e. The molecule has 0 radical (unpaired) electrons. The number of benzene rings is 2. The van der Waals surface area contributed by atoms with Gasteiger partial charge in [-0.1, -0.05) is 31.2 Å². The Hall–Kier alpha value is -1.95. The van der Waals surface area contributed by atoms with Crippen LogP contribution in [0.5, 0.6) is 0 Å². The highest BCUT2D eigenvalue weighted by Gasteiger charge is 2.25. The fourth-order valence-corrected chi connectivity index (χ4v) is 3.33. The molecule has 0 aliphatic carbocycles. The van der Waals surface area contributed by atoms with Crippen molar-refractivity contribution in [1.29, 1.82) is 0 Å². The Morgan fingerprint density at radius 2 is 2.04 bits per heavy atom. The van der Waals surface area contributed by atoms with E-state index < -0.39 is 18.8 Å². The number of nitro benzene ring substituents is 1. The highest BCUT2D eigenvalue weighted by molar-refractivity contribution is 7.52. The van der Waals surface area contributed by atoms with Crippen LogP contribution in [-0.2, 0) is 9.09 Å². The number of rotatable bonds is 7. The minimum atomic E-state index is -3.87. The van der Waals surface area contributed by atoms with Crippen LogP contribution in [0.15, 0.2) is 36.4 Å². The van der Waals surface area contributed by atoms with Crippen molar-refractivity contribution in [2.75, 3.05) is 11.6 Å². The lowest BCUT2D eigenvalue weighted by molar-refractivity contribution is -0.382. The lowest BCUT2D eigenvalue weighted by Gasteiger charge is -2.17. The average Bonchev–Trinajstić information content (AvgIpc) is 2.51. The van der Waals surface area contributed by atoms with Crippen molar-refractivity contribution < 1.29 is 18.9 Å². The van der Waals surface area contributed by atoms with E-state index in [4.69, 9.17) is 4.52 Å². The van der Waals surface area contributed by atoms with Crippen molar-refractivity contribution in [2.45, 2.75) is 26.4 Å². The van der Waals surface area contributed by atoms with E-state index in [9.17, 15) is 19.6 Å². The molecule has 0 spiro atoms. The summed E-state index contributed by atoms with van der Waals surface area (Å²) in [5, 5.41) is 15.3. The van der Waals surface area contributed by atoms with Crippen molar-refractivity contribution in [3.8, 4) is 0 Å². The second-order valence-corrected chi connectivity index (χ2v) is 7.04. The van der Waals surface area contributed by atoms with Crippen molar-refractivity contribution in [2.24, 2.45) is 0 Å². The normalized spacial score (nSPS) is 15.1. The SMILES string of the molecule is CCC(C)OP(=O)(O)CNc1ccc2ccccc2c1[N+](=O)[O-]. The number of hydrogen-bond donors (Lipinski definition) is 2. The molecule has 0 fully saturated rings. The molecule has 2 unspecified atom stereocenters. The molecule has 0 aliphatic heterocycles. The summed E-state index contributed by atoms with van der Waals surface area (Å²) in [6.07, 6.45) is -0.156. The van der Waals surface area contributed by atoms with Gasteiger partial charge in [-0.25, -0.2) is 0 Å². The quantitative estimate of drug-likeness (QED) is 0.447. The molecular weight excluding hydrogens is 319 g/mol. The van der Waals surface area contributed by atoms with E-state index >= 15 is 0 Å². The predicted octanol–water partition coefficient (Wildman–Crippen LogP) is 4.12. The van der Waals surface area contributed by atoms with Gasteiger partial charge in [-0.05, 0) is 30.9 Å². The van der Waals surface area contributed by atoms with Crippen molar-refractivity contribution in [1.82, 2.24) is 0 Å². The monoisotopic (exact) mass is 338 g/mol. The minimum Gasteiger partial charge on any atom is -0.368 e. The molecule has 0 aromatic heterocycles. The topological polar surface area (TPSA) is 102 Å². The Morgan fingerprint density at radius 1 is 1.35 bits per heavy atom. The van der Waals surface area contributed by atoms with Gasteiger partial charge in [0.25, 0.3) is 5.69 Å². The smallest absolute Gasteiger partial charge is 0.347 e. The molecule has 7 nitrogen and oxygen atoms in total. The minimum absolute atomic E-state index is 0.119. The molecule has 2 aromatic rings. The Balaban J connectivity index is 2.28. The van der Waals surface area contributed by atoms with E-state index in [0.717, 1.165) is 5.39 Å². The first-order chi connectivity index (χ1) is 10.8. The fourth-order valence-electron chi connectivity index (χ4n) is 2.17. The van der Waals surface area contributed by atoms with Gasteiger partial charge in [0.1, 0.15) is 12.0 Å². The van der Waals surface area contributed by atoms with Crippen LogP contribution in [0.25, 0.3) is 10.8 Å². The molecule has 0 bridgehead atoms. The number of nitrogens with one attached hydrogen (secondary N) is 1. The van der Waals surface area contributed by atoms with Gasteiger partial charge in [0.2, 0.25) is 0 Å². The van der Waals surface area contributed by atoms with Crippen LogP contribution in [0.1, 0.15) is 20.3 Å². The fraction of sp³-hybridized carbons (Fsp3) is 0.333. The largest absolute Gasteiger partial charge is 0.368 e. The van der Waals surface area contributed by atoms with E-state index in [0.29, 0.717) is 11.8 Å². The van der Waals surface area contributed by atoms with Gasteiger partial charge in [0, 0.05) is 0 Å². The molecule has 2 N–H and O–H groups in total. The van der Waals surface area contributed by atoms with Gasteiger partial charge < -0.3 is 14.7 Å². The Bertz CT molecular complexity index is 765. The molecule has 23 heavy (non-hydrogen) atoms. The van der Waals surface area contributed by atoms with E-state index in [2.05, 4.69) is 5.32 Å². The number of nitrogens with zero attached hydrogens (tertiary/aromatic N) is 1. The third-order valence-corrected chi connectivity index (χ3v) is 4.72. The highest BCUT2D eigenvalue weighted by Crippen LogP contribution is 2.44. The van der Waals surface area contributed by atoms with Crippen LogP contribution in [0, 0.1) is 10.1 Å². The van der Waals surface area contributed by atoms with E-state index in [1.807, 2.05) is 6.92 Å². The van der Waals surface area contributed by atoms with Gasteiger partial charge in [-0.3, -0.25) is 14.7 Å². The van der Waals surface area contributed by atoms with Crippen LogP contribution in [0.2, 0.25) is 0 Å². The number of nitro groups is 1. The molecule has 2 atom stereocenters. The summed E-state index contributed by atoms with van der Waals surface area (Å²) in [5.74, 6) is 0. The lowest BCUT2D eigenvalue weighted by atomic mass is 10.1. The van der Waals surface area contributed by atoms with Crippen molar-refractivity contribution >= 4 is 29.7 Å². The first-order valence-corrected chi connectivity index (χ1v) is 9.00. The number of fused-ring (bicyclic) bond motifs is 1. The molecule has 0 heterocycles. The third-order valence-electron chi connectivity index (χ3n) is 3.47. The molecule has 0 aliphatic rings. The summed E-state index contributed by atoms with van der Waals surface area (Å²) in [6.45, 7) is 3.54. The first-order valence-electron chi connectivity index (χ1n) is 7.24. The zero-order valence-electron chi connectivity index (χ0n) is 12.9. The Kier molecular flexibility index (Phi) is 5.36. The van der Waals surface area contributed by atoms with Crippen molar-refractivity contribution in [3.05, 3.63) is 46.5 Å². The Labute approximate surface area is 134 Å². The number of hydrogen-bond acceptors (Lipinski definition) is 5. The molecule has 2 aromatic carbocycles. The zero-order valence-corrected chi connectivity index (χ0v) is 13.8. The third kappa shape index (κ3) is 4.28. The van der Waals surface area contributed by atoms with Crippen LogP contribution in [0.4, 0.5) is 11.4 Å². The van der Waals surface area contributed by atoms with Gasteiger partial charge >= 0.3 is 7.60 Å². The molecule has 0 amide bonds. The predicted molar refractivity (Wildman–Crippen MR) is 89.8 cm³/mol. The standard InChI is InChI=1S/C15H19N2O5P/c1-3-11(2)22-23(20,21)10-16-14-9-8-12-6-4-5-7-13(12)15(14)17(18)19/h4-9,11,16H,3,10H2,1-2H3,(H,20,21). The Morgan fingerprint density at radius 3 is 2.70 bits per heavy atom. The lowest BCUT2D eigenvalue weighted by Crippen LogP contribution is -2.11. The highest BCUT2D eigenvalue weighted by atomic mass is 31.2. The van der Waals surface area contributed by atoms with Crippen LogP contribution in [-0.4, -0.2) is 22.2 Å². The van der Waals surface area contributed by atoms with Crippen LogP contribution < -0.4 is 5.32 Å². The van der Waals surface area contributed by atoms with Crippen LogP contribution in [0.3, 0.4) is 0 Å². The second kappa shape index (κ2) is 7.08. The van der Waals surface area contributed by atoms with Gasteiger partial charge in [-0.15, -0.1) is 0 Å². The maximum atomic E-state index is 12.0. The summed E-state index contributed by atoms with van der Waals surface area (Å²) < 4.78 is 17.1. The molecule has 124 valence electrons. The van der Waals surface area contributed by atoms with Gasteiger partial charge in [0.05, 0.1) is 16.4 Å². The van der Waals surface area contributed by atoms with Crippen molar-refractivity contribution in [3.63, 3.8) is 0 Å². The number of anilines is 1. The molecular formula is C15H19N2O5P. The molecule has 2 rings (SSSR count). The zero-order chi connectivity index (χ0) is 17.0. The molecule has 0 saturated heterocycles.